The van der Waals surface area contributed by atoms with Crippen molar-refractivity contribution in [2.75, 3.05) is 34.9 Å². The van der Waals surface area contributed by atoms with E-state index in [1.807, 2.05) is 30.0 Å². The summed E-state index contributed by atoms with van der Waals surface area (Å²) < 4.78 is 26.1. The molecule has 7 nitrogen and oxygen atoms in total. The molecule has 1 saturated carbocycles. The molecule has 1 aromatic carbocycles. The van der Waals surface area contributed by atoms with Gasteiger partial charge in [-0.1, -0.05) is 6.07 Å². The zero-order valence-corrected chi connectivity index (χ0v) is 19.5. The Morgan fingerprint density at radius 1 is 1.29 bits per heavy atom. The maximum Gasteiger partial charge on any atom is 0.230 e. The molecule has 34 heavy (non-hydrogen) atoms. The van der Waals surface area contributed by atoms with E-state index >= 15 is 0 Å². The van der Waals surface area contributed by atoms with Crippen LogP contribution in [0.4, 0.5) is 27.3 Å². The third-order valence-corrected chi connectivity index (χ3v) is 7.69. The van der Waals surface area contributed by atoms with Gasteiger partial charge in [0.25, 0.3) is 0 Å². The topological polar surface area (TPSA) is 66.9 Å². The highest BCUT2D eigenvalue weighted by atomic mass is 19.1. The van der Waals surface area contributed by atoms with E-state index in [0.717, 1.165) is 54.4 Å². The first-order chi connectivity index (χ1) is 16.6. The lowest BCUT2D eigenvalue weighted by Gasteiger charge is -2.46. The Bertz CT molecular complexity index is 1070. The standard InChI is InChI=1S/C26H31FN4O3/c1-2-33-24-11-17(10-21(24)27)26(32)31-13-16-4-3-9-28-25(16)29-22-8-6-18(12-23(22)31)30-14-20-7-5-19(30)15-34-20/h3-4,6,8-9,12,17,19-21,24H,2,5,7,10-11,13-15H2,1H3,(H,28,29)/t17-,19-,20-,21-,24-/m0/s1. The summed E-state index contributed by atoms with van der Waals surface area (Å²) in [4.78, 5) is 22.6. The lowest BCUT2D eigenvalue weighted by Crippen LogP contribution is -2.54. The molecule has 5 aliphatic rings. The Hall–Kier alpha value is -2.71. The number of amides is 1. The normalized spacial score (nSPS) is 29.9. The van der Waals surface area contributed by atoms with Gasteiger partial charge >= 0.3 is 0 Å². The van der Waals surface area contributed by atoms with Gasteiger partial charge in [-0.2, -0.15) is 0 Å². The monoisotopic (exact) mass is 466 g/mol. The van der Waals surface area contributed by atoms with Crippen molar-refractivity contribution in [3.8, 4) is 0 Å². The van der Waals surface area contributed by atoms with Gasteiger partial charge < -0.3 is 24.6 Å². The highest BCUT2D eigenvalue weighted by Crippen LogP contribution is 2.42. The van der Waals surface area contributed by atoms with Gasteiger partial charge in [-0.25, -0.2) is 9.37 Å². The number of ether oxygens (including phenoxy) is 2. The summed E-state index contributed by atoms with van der Waals surface area (Å²) in [6.45, 7) is 4.33. The molecule has 0 unspecified atom stereocenters. The summed E-state index contributed by atoms with van der Waals surface area (Å²) in [5, 5.41) is 3.43. The Labute approximate surface area is 199 Å². The molecule has 0 radical (unpaired) electrons. The predicted molar refractivity (Wildman–Crippen MR) is 128 cm³/mol. The molecule has 5 atom stereocenters. The average molecular weight is 467 g/mol. The van der Waals surface area contributed by atoms with Gasteiger partial charge in [0.15, 0.2) is 0 Å². The number of pyridine rings is 1. The molecular formula is C26H31FN4O3. The zero-order chi connectivity index (χ0) is 23.2. The summed E-state index contributed by atoms with van der Waals surface area (Å²) in [6, 6.07) is 10.5. The zero-order valence-electron chi connectivity index (χ0n) is 19.5. The van der Waals surface area contributed by atoms with Crippen LogP contribution in [0.5, 0.6) is 0 Å². The molecule has 1 aromatic heterocycles. The van der Waals surface area contributed by atoms with Gasteiger partial charge in [0.1, 0.15) is 12.0 Å². The number of aromatic nitrogens is 1. The molecule has 3 saturated heterocycles. The molecule has 1 aliphatic carbocycles. The van der Waals surface area contributed by atoms with E-state index < -0.39 is 18.2 Å². The second kappa shape index (κ2) is 8.82. The van der Waals surface area contributed by atoms with Crippen molar-refractivity contribution in [3.63, 3.8) is 0 Å². The lowest BCUT2D eigenvalue weighted by molar-refractivity contribution is -0.122. The van der Waals surface area contributed by atoms with Crippen molar-refractivity contribution in [1.29, 1.82) is 0 Å². The Morgan fingerprint density at radius 2 is 2.21 bits per heavy atom. The van der Waals surface area contributed by atoms with Crippen molar-refractivity contribution in [3.05, 3.63) is 42.1 Å². The SMILES string of the molecule is CCO[C@H]1C[C@@H](C(=O)N2Cc3cccnc3Nc3ccc(N4C[C@@H]5CC[C@H]4CO5)cc32)C[C@@H]1F. The van der Waals surface area contributed by atoms with Crippen LogP contribution in [0, 0.1) is 5.92 Å². The van der Waals surface area contributed by atoms with E-state index in [-0.39, 0.29) is 18.4 Å². The van der Waals surface area contributed by atoms with Gasteiger partial charge in [0.05, 0.1) is 42.8 Å². The summed E-state index contributed by atoms with van der Waals surface area (Å²) >= 11 is 0. The fourth-order valence-electron chi connectivity index (χ4n) is 5.91. The first-order valence-corrected chi connectivity index (χ1v) is 12.4. The van der Waals surface area contributed by atoms with E-state index in [1.165, 1.54) is 0 Å². The molecule has 7 rings (SSSR count). The number of halogens is 1. The van der Waals surface area contributed by atoms with E-state index in [9.17, 15) is 9.18 Å². The van der Waals surface area contributed by atoms with Crippen molar-refractivity contribution < 1.29 is 18.7 Å². The van der Waals surface area contributed by atoms with Crippen LogP contribution in [-0.2, 0) is 20.8 Å². The molecular weight excluding hydrogens is 435 g/mol. The molecule has 180 valence electrons. The number of benzene rings is 1. The third kappa shape index (κ3) is 3.82. The molecule has 2 bridgehead atoms. The van der Waals surface area contributed by atoms with Crippen LogP contribution >= 0.6 is 0 Å². The summed E-state index contributed by atoms with van der Waals surface area (Å²) in [6.07, 6.45) is 3.25. The minimum Gasteiger partial charge on any atom is -0.375 e. The Morgan fingerprint density at radius 3 is 2.97 bits per heavy atom. The van der Waals surface area contributed by atoms with Crippen LogP contribution in [0.3, 0.4) is 0 Å². The number of morpholine rings is 1. The number of nitrogens with one attached hydrogen (secondary N) is 1. The number of alkyl halides is 1. The van der Waals surface area contributed by atoms with Crippen LogP contribution in [0.2, 0.25) is 0 Å². The van der Waals surface area contributed by atoms with Crippen LogP contribution in [0.1, 0.15) is 38.2 Å². The summed E-state index contributed by atoms with van der Waals surface area (Å²) in [5.74, 6) is 0.296. The first kappa shape index (κ1) is 21.8. The lowest BCUT2D eigenvalue weighted by atomic mass is 9.96. The number of fused-ring (bicyclic) bond motifs is 5. The number of hydrogen-bond acceptors (Lipinski definition) is 6. The number of carbonyl (C=O) groups is 1. The van der Waals surface area contributed by atoms with Gasteiger partial charge in [-0.05, 0) is 56.9 Å². The fraction of sp³-hybridized carbons (Fsp3) is 0.538. The van der Waals surface area contributed by atoms with E-state index in [1.54, 1.807) is 6.20 Å². The van der Waals surface area contributed by atoms with Crippen LogP contribution < -0.4 is 15.1 Å². The minimum atomic E-state index is -1.11. The Balaban J connectivity index is 1.36. The van der Waals surface area contributed by atoms with Crippen molar-refractivity contribution in [2.45, 2.75) is 63.6 Å². The molecule has 5 heterocycles. The molecule has 0 spiro atoms. The number of rotatable bonds is 4. The maximum absolute atomic E-state index is 14.6. The van der Waals surface area contributed by atoms with Gasteiger partial charge in [0, 0.05) is 36.5 Å². The van der Waals surface area contributed by atoms with E-state index in [2.05, 4.69) is 27.3 Å². The highest BCUT2D eigenvalue weighted by molar-refractivity contribution is 6.00. The first-order valence-electron chi connectivity index (χ1n) is 12.4. The summed E-state index contributed by atoms with van der Waals surface area (Å²) in [5.41, 5.74) is 3.69. The molecule has 4 fully saturated rings. The number of piperidine rings is 1. The second-order valence-electron chi connectivity index (χ2n) is 9.78. The van der Waals surface area contributed by atoms with Crippen molar-refractivity contribution in [1.82, 2.24) is 4.98 Å². The number of anilines is 4. The third-order valence-electron chi connectivity index (χ3n) is 7.69. The number of carbonyl (C=O) groups excluding carboxylic acids is 1. The van der Waals surface area contributed by atoms with Gasteiger partial charge in [-0.3, -0.25) is 4.79 Å². The smallest absolute Gasteiger partial charge is 0.230 e. The highest BCUT2D eigenvalue weighted by Gasteiger charge is 2.42. The number of hydrogen-bond donors (Lipinski definition) is 1. The fourth-order valence-corrected chi connectivity index (χ4v) is 5.91. The van der Waals surface area contributed by atoms with Crippen molar-refractivity contribution >= 4 is 28.8 Å². The molecule has 8 heteroatoms. The molecule has 2 aromatic rings. The minimum absolute atomic E-state index is 0.0507. The van der Waals surface area contributed by atoms with Crippen LogP contribution in [0.15, 0.2) is 36.5 Å². The molecule has 4 aliphatic heterocycles. The van der Waals surface area contributed by atoms with Gasteiger partial charge in [0.2, 0.25) is 5.91 Å². The predicted octanol–water partition coefficient (Wildman–Crippen LogP) is 4.19. The van der Waals surface area contributed by atoms with Crippen LogP contribution in [0.25, 0.3) is 0 Å². The molecule has 1 amide bonds. The second-order valence-corrected chi connectivity index (χ2v) is 9.78. The Kier molecular flexibility index (Phi) is 5.65. The number of nitrogens with zero attached hydrogens (tertiary/aromatic N) is 3. The summed E-state index contributed by atoms with van der Waals surface area (Å²) in [7, 11) is 0. The average Bonchev–Trinajstić information content (AvgIpc) is 3.15. The van der Waals surface area contributed by atoms with Crippen LogP contribution in [-0.4, -0.2) is 55.1 Å². The van der Waals surface area contributed by atoms with E-state index in [0.29, 0.717) is 25.6 Å². The maximum atomic E-state index is 14.6. The van der Waals surface area contributed by atoms with E-state index in [4.69, 9.17) is 9.47 Å². The largest absolute Gasteiger partial charge is 0.375 e. The molecule has 1 N–H and O–H groups in total. The van der Waals surface area contributed by atoms with Crippen molar-refractivity contribution in [2.24, 2.45) is 5.92 Å². The quantitative estimate of drug-likeness (QED) is 0.729. The van der Waals surface area contributed by atoms with Gasteiger partial charge in [-0.15, -0.1) is 0 Å².